The number of carboxylic acid groups (broad SMARTS) is 1. The first-order chi connectivity index (χ1) is 14.8. The minimum absolute atomic E-state index is 0.0492. The number of nitrogens with zero attached hydrogens (tertiary/aromatic N) is 3. The van der Waals surface area contributed by atoms with Gasteiger partial charge in [-0.1, -0.05) is 30.0 Å². The summed E-state index contributed by atoms with van der Waals surface area (Å²) >= 11 is 2.99. The Morgan fingerprint density at radius 3 is 2.84 bits per heavy atom. The van der Waals surface area contributed by atoms with Crippen LogP contribution in [0.5, 0.6) is 0 Å². The largest absolute Gasteiger partial charge is 0.543 e. The lowest BCUT2D eigenvalue weighted by Crippen LogP contribution is -2.64. The van der Waals surface area contributed by atoms with Crippen molar-refractivity contribution in [3.63, 3.8) is 0 Å². The van der Waals surface area contributed by atoms with Crippen LogP contribution in [-0.2, 0) is 16.1 Å². The fourth-order valence-electron chi connectivity index (χ4n) is 4.65. The summed E-state index contributed by atoms with van der Waals surface area (Å²) in [6, 6.07) is -0.380. The number of aromatic nitrogens is 2. The SMILES string of the molecule is C[C@@H](O)[C@H]1C(=O)N2C(C(=O)[O-])=C(c3cn4c[n+](CCCN)c(SCCO)c4s3)[C@H](C)[C@H]12. The average Bonchev–Trinajstić information content (AvgIpc) is 3.32. The average molecular weight is 467 g/mol. The molecular weight excluding hydrogens is 440 g/mol. The van der Waals surface area contributed by atoms with Gasteiger partial charge >= 0.3 is 0 Å². The highest BCUT2D eigenvalue weighted by atomic mass is 32.2. The smallest absolute Gasteiger partial charge is 0.250 e. The second-order valence-electron chi connectivity index (χ2n) is 7.94. The van der Waals surface area contributed by atoms with Gasteiger partial charge in [0.2, 0.25) is 15.8 Å². The molecule has 0 bridgehead atoms. The van der Waals surface area contributed by atoms with Gasteiger partial charge in [0.15, 0.2) is 0 Å². The Bertz CT molecular complexity index is 1060. The summed E-state index contributed by atoms with van der Waals surface area (Å²) in [7, 11) is 0. The third-order valence-electron chi connectivity index (χ3n) is 5.97. The molecule has 2 aromatic rings. The normalized spacial score (nSPS) is 24.1. The molecule has 9 nitrogen and oxygen atoms in total. The molecule has 4 heterocycles. The molecule has 0 radical (unpaired) electrons. The predicted molar refractivity (Wildman–Crippen MR) is 114 cm³/mol. The number of fused-ring (bicyclic) bond motifs is 2. The third-order valence-corrected chi connectivity index (χ3v) is 8.33. The molecule has 0 aliphatic carbocycles. The zero-order valence-corrected chi connectivity index (χ0v) is 19.0. The first-order valence-electron chi connectivity index (χ1n) is 10.3. The van der Waals surface area contributed by atoms with Crippen molar-refractivity contribution in [1.29, 1.82) is 0 Å². The standard InChI is InChI=1S/C20H26N4O5S2/c1-10-13(16(20(28)29)24-15(10)14(11(2)26)17(24)27)12-8-23-9-22(5-3-4-21)18(19(23)31-12)30-7-6-25/h8-11,14-15,25-26H,3-7,21H2,1-2H3/t10-,11+,14+,15+/m0/s1. The molecule has 4 rings (SSSR count). The Balaban J connectivity index is 1.78. The Labute approximate surface area is 187 Å². The van der Waals surface area contributed by atoms with E-state index in [1.165, 1.54) is 28.0 Å². The van der Waals surface area contributed by atoms with Gasteiger partial charge in [-0.15, -0.1) is 0 Å². The summed E-state index contributed by atoms with van der Waals surface area (Å²) in [5.41, 5.74) is 6.13. The molecule has 2 aromatic heterocycles. The lowest BCUT2D eigenvalue weighted by molar-refractivity contribution is -0.729. The van der Waals surface area contributed by atoms with Crippen LogP contribution >= 0.6 is 23.1 Å². The molecule has 1 amide bonds. The minimum atomic E-state index is -1.38. The number of rotatable bonds is 9. The molecule has 1 fully saturated rings. The number of carbonyl (C=O) groups is 2. The predicted octanol–water partition coefficient (Wildman–Crippen LogP) is -0.960. The summed E-state index contributed by atoms with van der Waals surface area (Å²) in [6.07, 6.45) is 3.80. The van der Waals surface area contributed by atoms with Gasteiger partial charge < -0.3 is 30.7 Å². The van der Waals surface area contributed by atoms with Crippen LogP contribution in [0.1, 0.15) is 25.1 Å². The lowest BCUT2D eigenvalue weighted by atomic mass is 9.77. The van der Waals surface area contributed by atoms with Gasteiger partial charge in [-0.2, -0.15) is 4.40 Å². The summed E-state index contributed by atoms with van der Waals surface area (Å²) in [6.45, 7) is 4.82. The number of thiazole rings is 1. The van der Waals surface area contributed by atoms with Crippen molar-refractivity contribution in [2.24, 2.45) is 17.6 Å². The van der Waals surface area contributed by atoms with Crippen LogP contribution in [0.3, 0.4) is 0 Å². The molecule has 1 saturated heterocycles. The third kappa shape index (κ3) is 3.48. The first kappa shape index (κ1) is 22.3. The highest BCUT2D eigenvalue weighted by Gasteiger charge is 2.59. The van der Waals surface area contributed by atoms with Gasteiger partial charge in [-0.25, -0.2) is 4.57 Å². The van der Waals surface area contributed by atoms with Gasteiger partial charge in [0.1, 0.15) is 6.20 Å². The van der Waals surface area contributed by atoms with E-state index in [9.17, 15) is 24.9 Å². The van der Waals surface area contributed by atoms with Crippen LogP contribution in [0.2, 0.25) is 0 Å². The van der Waals surface area contributed by atoms with Crippen LogP contribution in [-0.4, -0.2) is 62.4 Å². The van der Waals surface area contributed by atoms with E-state index in [2.05, 4.69) is 4.57 Å². The molecule has 4 N–H and O–H groups in total. The molecule has 2 aliphatic rings. The maximum absolute atomic E-state index is 12.6. The zero-order chi connectivity index (χ0) is 22.4. The van der Waals surface area contributed by atoms with Crippen molar-refractivity contribution in [3.8, 4) is 0 Å². The van der Waals surface area contributed by atoms with Crippen molar-refractivity contribution in [2.45, 2.75) is 44.0 Å². The van der Waals surface area contributed by atoms with E-state index in [-0.39, 0.29) is 30.2 Å². The molecule has 168 valence electrons. The van der Waals surface area contributed by atoms with Crippen LogP contribution in [0.15, 0.2) is 23.2 Å². The summed E-state index contributed by atoms with van der Waals surface area (Å²) in [5, 5.41) is 32.3. The van der Waals surface area contributed by atoms with Crippen molar-refractivity contribution >= 4 is 45.4 Å². The van der Waals surface area contributed by atoms with Gasteiger partial charge in [0.05, 0.1) is 47.8 Å². The Kier molecular flexibility index (Phi) is 6.14. The number of aliphatic hydroxyl groups excluding tert-OH is 2. The highest BCUT2D eigenvalue weighted by Crippen LogP contribution is 2.51. The molecule has 2 aliphatic heterocycles. The highest BCUT2D eigenvalue weighted by molar-refractivity contribution is 7.99. The number of carboxylic acids is 1. The molecule has 11 heteroatoms. The van der Waals surface area contributed by atoms with E-state index >= 15 is 0 Å². The van der Waals surface area contributed by atoms with Gasteiger partial charge in [-0.05, 0) is 19.9 Å². The van der Waals surface area contributed by atoms with Crippen molar-refractivity contribution in [1.82, 2.24) is 9.30 Å². The number of aliphatic carboxylic acids is 1. The molecule has 0 aromatic carbocycles. The number of imidazole rings is 1. The topological polar surface area (TPSA) is 135 Å². The quantitative estimate of drug-likeness (QED) is 0.246. The number of β-lactam (4-membered cyclic amide) rings is 1. The molecule has 0 saturated carbocycles. The maximum Gasteiger partial charge on any atom is 0.250 e. The number of thioether (sulfide) groups is 1. The maximum atomic E-state index is 12.6. The molecule has 4 atom stereocenters. The fraction of sp³-hybridized carbons (Fsp3) is 0.550. The van der Waals surface area contributed by atoms with Gasteiger partial charge in [0, 0.05) is 17.2 Å². The monoisotopic (exact) mass is 466 g/mol. The number of aryl methyl sites for hydroxylation is 1. The number of nitrogens with two attached hydrogens (primary N) is 1. The molecule has 0 spiro atoms. The summed E-state index contributed by atoms with van der Waals surface area (Å²) in [5.74, 6) is -2.07. The van der Waals surface area contributed by atoms with Crippen LogP contribution < -0.4 is 15.4 Å². The van der Waals surface area contributed by atoms with E-state index in [0.717, 1.165) is 27.7 Å². The molecular formula is C20H26N4O5S2. The zero-order valence-electron chi connectivity index (χ0n) is 17.4. The van der Waals surface area contributed by atoms with Crippen LogP contribution in [0.25, 0.3) is 10.4 Å². The van der Waals surface area contributed by atoms with E-state index in [1.807, 2.05) is 23.8 Å². The van der Waals surface area contributed by atoms with E-state index in [1.54, 1.807) is 6.92 Å². The number of hydrogen-bond acceptors (Lipinski definition) is 8. The Hall–Kier alpha value is -1.92. The van der Waals surface area contributed by atoms with Crippen molar-refractivity contribution in [3.05, 3.63) is 23.1 Å². The Morgan fingerprint density at radius 2 is 2.23 bits per heavy atom. The Morgan fingerprint density at radius 1 is 1.48 bits per heavy atom. The van der Waals surface area contributed by atoms with E-state index < -0.39 is 18.0 Å². The fourth-order valence-corrected chi connectivity index (χ4v) is 6.95. The van der Waals surface area contributed by atoms with Gasteiger partial charge in [-0.3, -0.25) is 4.79 Å². The first-order valence-corrected chi connectivity index (χ1v) is 12.1. The minimum Gasteiger partial charge on any atom is -0.543 e. The van der Waals surface area contributed by atoms with E-state index in [4.69, 9.17) is 5.73 Å². The van der Waals surface area contributed by atoms with Crippen LogP contribution in [0.4, 0.5) is 0 Å². The second kappa shape index (κ2) is 8.55. The van der Waals surface area contributed by atoms with Crippen molar-refractivity contribution in [2.75, 3.05) is 18.9 Å². The number of amides is 1. The number of carbonyl (C=O) groups excluding carboxylic acids is 2. The van der Waals surface area contributed by atoms with Crippen molar-refractivity contribution < 1.29 is 29.5 Å². The van der Waals surface area contributed by atoms with Gasteiger partial charge in [0.25, 0.3) is 6.33 Å². The number of hydrogen-bond donors (Lipinski definition) is 3. The molecule has 0 unspecified atom stereocenters. The number of aliphatic hydroxyl groups is 2. The summed E-state index contributed by atoms with van der Waals surface area (Å²) in [4.78, 5) is 27.5. The van der Waals surface area contributed by atoms with Crippen LogP contribution in [0, 0.1) is 11.8 Å². The van der Waals surface area contributed by atoms with E-state index in [0.29, 0.717) is 17.9 Å². The lowest BCUT2D eigenvalue weighted by Gasteiger charge is -2.47. The second-order valence-corrected chi connectivity index (χ2v) is 10.1. The molecule has 31 heavy (non-hydrogen) atoms. The summed E-state index contributed by atoms with van der Waals surface area (Å²) < 4.78 is 4.04.